The fraction of sp³-hybridized carbons (Fsp3) is 0.118. The summed E-state index contributed by atoms with van der Waals surface area (Å²) in [6.45, 7) is 1.57. The number of hydrogen-bond donors (Lipinski definition) is 2. The lowest BCUT2D eigenvalue weighted by Gasteiger charge is -2.07. The molecule has 0 saturated carbocycles. The molecule has 2 N–H and O–H groups in total. The number of aliphatic hydroxyl groups excluding tert-OH is 1. The Morgan fingerprint density at radius 2 is 2.10 bits per heavy atom. The highest BCUT2D eigenvalue weighted by molar-refractivity contribution is 6.04. The molecule has 4 heteroatoms. The lowest BCUT2D eigenvalue weighted by Crippen LogP contribution is -2.13. The smallest absolute Gasteiger partial charge is 0.255 e. The molecule has 2 aromatic rings. The van der Waals surface area contributed by atoms with Gasteiger partial charge in [0.25, 0.3) is 5.91 Å². The molecule has 0 spiro atoms. The standard InChI is InChI=1S/C17H14FNO2/c1-12-7-8-15(18)16(10-12)19-17(21)14-6-2-4-13(11-14)5-3-9-20/h2,4,6-8,10-11,20H,9H2,1H3,(H,19,21). The van der Waals surface area contributed by atoms with Gasteiger partial charge in [0.15, 0.2) is 0 Å². The van der Waals surface area contributed by atoms with Crippen LogP contribution in [0.4, 0.5) is 10.1 Å². The van der Waals surface area contributed by atoms with Crippen LogP contribution in [0.25, 0.3) is 0 Å². The number of amides is 1. The average Bonchev–Trinajstić information content (AvgIpc) is 2.49. The van der Waals surface area contributed by atoms with E-state index >= 15 is 0 Å². The Balaban J connectivity index is 2.22. The van der Waals surface area contributed by atoms with Gasteiger partial charge in [-0.15, -0.1) is 0 Å². The number of benzene rings is 2. The van der Waals surface area contributed by atoms with E-state index in [4.69, 9.17) is 5.11 Å². The maximum Gasteiger partial charge on any atom is 0.255 e. The molecular weight excluding hydrogens is 269 g/mol. The first-order valence-electron chi connectivity index (χ1n) is 6.37. The van der Waals surface area contributed by atoms with E-state index in [9.17, 15) is 9.18 Å². The van der Waals surface area contributed by atoms with Crippen molar-refractivity contribution in [2.45, 2.75) is 6.92 Å². The van der Waals surface area contributed by atoms with Gasteiger partial charge < -0.3 is 10.4 Å². The van der Waals surface area contributed by atoms with Crippen molar-refractivity contribution >= 4 is 11.6 Å². The second-order valence-corrected chi connectivity index (χ2v) is 4.48. The Morgan fingerprint density at radius 1 is 1.29 bits per heavy atom. The van der Waals surface area contributed by atoms with Crippen molar-refractivity contribution in [3.8, 4) is 11.8 Å². The predicted molar refractivity (Wildman–Crippen MR) is 79.5 cm³/mol. The van der Waals surface area contributed by atoms with E-state index in [2.05, 4.69) is 17.2 Å². The van der Waals surface area contributed by atoms with Crippen LogP contribution in [0.5, 0.6) is 0 Å². The molecule has 1 amide bonds. The van der Waals surface area contributed by atoms with Crippen LogP contribution in [0.1, 0.15) is 21.5 Å². The summed E-state index contributed by atoms with van der Waals surface area (Å²) < 4.78 is 13.6. The normalized spacial score (nSPS) is 9.67. The molecule has 0 aliphatic carbocycles. The van der Waals surface area contributed by atoms with Gasteiger partial charge in [-0.3, -0.25) is 4.79 Å². The fourth-order valence-corrected chi connectivity index (χ4v) is 1.81. The lowest BCUT2D eigenvalue weighted by atomic mass is 10.1. The Hall–Kier alpha value is -2.64. The summed E-state index contributed by atoms with van der Waals surface area (Å²) in [4.78, 5) is 12.1. The second kappa shape index (κ2) is 6.69. The molecule has 0 aliphatic rings. The highest BCUT2D eigenvalue weighted by Crippen LogP contribution is 2.17. The zero-order chi connectivity index (χ0) is 15.2. The Morgan fingerprint density at radius 3 is 2.86 bits per heavy atom. The van der Waals surface area contributed by atoms with Crippen LogP contribution in [-0.4, -0.2) is 17.6 Å². The molecular formula is C17H14FNO2. The largest absolute Gasteiger partial charge is 0.384 e. The van der Waals surface area contributed by atoms with Crippen molar-refractivity contribution in [1.82, 2.24) is 0 Å². The van der Waals surface area contributed by atoms with Gasteiger partial charge in [-0.2, -0.15) is 0 Å². The molecule has 0 aromatic heterocycles. The van der Waals surface area contributed by atoms with Crippen LogP contribution in [-0.2, 0) is 0 Å². The third-order valence-corrected chi connectivity index (χ3v) is 2.81. The number of aryl methyl sites for hydroxylation is 1. The third kappa shape index (κ3) is 3.91. The van der Waals surface area contributed by atoms with E-state index in [1.54, 1.807) is 36.4 Å². The maximum atomic E-state index is 13.6. The summed E-state index contributed by atoms with van der Waals surface area (Å²) in [6, 6.07) is 11.1. The zero-order valence-electron chi connectivity index (χ0n) is 11.5. The fourth-order valence-electron chi connectivity index (χ4n) is 1.81. The first-order chi connectivity index (χ1) is 10.1. The van der Waals surface area contributed by atoms with Crippen molar-refractivity contribution in [2.24, 2.45) is 0 Å². The van der Waals surface area contributed by atoms with Crippen molar-refractivity contribution < 1.29 is 14.3 Å². The number of rotatable bonds is 2. The summed E-state index contributed by atoms with van der Waals surface area (Å²) in [5.74, 6) is 4.34. The van der Waals surface area contributed by atoms with E-state index in [1.165, 1.54) is 6.07 Å². The summed E-state index contributed by atoms with van der Waals surface area (Å²) in [5, 5.41) is 11.2. The third-order valence-electron chi connectivity index (χ3n) is 2.81. The summed E-state index contributed by atoms with van der Waals surface area (Å²) in [6.07, 6.45) is 0. The van der Waals surface area contributed by atoms with E-state index in [0.717, 1.165) is 5.56 Å². The van der Waals surface area contributed by atoms with Crippen LogP contribution in [0.3, 0.4) is 0 Å². The number of aliphatic hydroxyl groups is 1. The molecule has 0 bridgehead atoms. The summed E-state index contributed by atoms with van der Waals surface area (Å²) >= 11 is 0. The second-order valence-electron chi connectivity index (χ2n) is 4.48. The molecule has 3 nitrogen and oxygen atoms in total. The molecule has 2 aromatic carbocycles. The van der Waals surface area contributed by atoms with Gasteiger partial charge in [0.2, 0.25) is 0 Å². The molecule has 106 valence electrons. The number of carbonyl (C=O) groups excluding carboxylic acids is 1. The van der Waals surface area contributed by atoms with Gasteiger partial charge in [-0.05, 0) is 42.8 Å². The van der Waals surface area contributed by atoms with Crippen molar-refractivity contribution in [1.29, 1.82) is 0 Å². The molecule has 2 rings (SSSR count). The number of halogens is 1. The van der Waals surface area contributed by atoms with E-state index in [0.29, 0.717) is 11.1 Å². The van der Waals surface area contributed by atoms with Crippen LogP contribution in [0.15, 0.2) is 42.5 Å². The topological polar surface area (TPSA) is 49.3 Å². The molecule has 0 heterocycles. The van der Waals surface area contributed by atoms with Gasteiger partial charge in [0, 0.05) is 11.1 Å². The van der Waals surface area contributed by atoms with Crippen LogP contribution >= 0.6 is 0 Å². The number of anilines is 1. The van der Waals surface area contributed by atoms with E-state index in [-0.39, 0.29) is 12.3 Å². The summed E-state index contributed by atoms with van der Waals surface area (Å²) in [5.41, 5.74) is 1.99. The van der Waals surface area contributed by atoms with Crippen LogP contribution in [0, 0.1) is 24.6 Å². The zero-order valence-corrected chi connectivity index (χ0v) is 11.5. The van der Waals surface area contributed by atoms with Gasteiger partial charge in [-0.1, -0.05) is 24.0 Å². The van der Waals surface area contributed by atoms with Crippen LogP contribution < -0.4 is 5.32 Å². The van der Waals surface area contributed by atoms with Gasteiger partial charge >= 0.3 is 0 Å². The lowest BCUT2D eigenvalue weighted by molar-refractivity contribution is 0.102. The Kier molecular flexibility index (Phi) is 4.70. The minimum absolute atomic E-state index is 0.145. The van der Waals surface area contributed by atoms with Crippen molar-refractivity contribution in [2.75, 3.05) is 11.9 Å². The predicted octanol–water partition coefficient (Wildman–Crippen LogP) is 2.73. The number of hydrogen-bond acceptors (Lipinski definition) is 2. The van der Waals surface area contributed by atoms with Crippen LogP contribution in [0.2, 0.25) is 0 Å². The van der Waals surface area contributed by atoms with Gasteiger partial charge in [-0.25, -0.2) is 4.39 Å². The van der Waals surface area contributed by atoms with Crippen molar-refractivity contribution in [3.05, 3.63) is 65.0 Å². The first-order valence-corrected chi connectivity index (χ1v) is 6.37. The highest BCUT2D eigenvalue weighted by Gasteiger charge is 2.09. The molecule has 0 unspecified atom stereocenters. The highest BCUT2D eigenvalue weighted by atomic mass is 19.1. The quantitative estimate of drug-likeness (QED) is 0.833. The Labute approximate surface area is 122 Å². The number of nitrogens with one attached hydrogen (secondary N) is 1. The summed E-state index contributed by atoms with van der Waals surface area (Å²) in [7, 11) is 0. The first kappa shape index (κ1) is 14.8. The number of carbonyl (C=O) groups is 1. The molecule has 0 saturated heterocycles. The Bertz CT molecular complexity index is 729. The van der Waals surface area contributed by atoms with Gasteiger partial charge in [0.1, 0.15) is 12.4 Å². The molecule has 0 radical (unpaired) electrons. The molecule has 0 aliphatic heterocycles. The van der Waals surface area contributed by atoms with Gasteiger partial charge in [0.05, 0.1) is 5.69 Å². The average molecular weight is 283 g/mol. The minimum atomic E-state index is -0.481. The van der Waals surface area contributed by atoms with E-state index < -0.39 is 11.7 Å². The molecule has 0 atom stereocenters. The minimum Gasteiger partial charge on any atom is -0.384 e. The maximum absolute atomic E-state index is 13.6. The molecule has 0 fully saturated rings. The monoisotopic (exact) mass is 283 g/mol. The molecule has 21 heavy (non-hydrogen) atoms. The van der Waals surface area contributed by atoms with Crippen molar-refractivity contribution in [3.63, 3.8) is 0 Å². The van der Waals surface area contributed by atoms with E-state index in [1.807, 2.05) is 6.92 Å². The SMILES string of the molecule is Cc1ccc(F)c(NC(=O)c2cccc(C#CCO)c2)c1.